The third-order valence-electron chi connectivity index (χ3n) is 3.36. The molecule has 0 amide bonds. The number of ether oxygens (including phenoxy) is 1. The molecule has 0 fully saturated rings. The number of methoxy groups -OCH3 is 1. The van der Waals surface area contributed by atoms with Crippen LogP contribution >= 0.6 is 0 Å². The second kappa shape index (κ2) is 6.88. The molecule has 0 bridgehead atoms. The van der Waals surface area contributed by atoms with Crippen molar-refractivity contribution < 1.29 is 4.74 Å². The highest BCUT2D eigenvalue weighted by atomic mass is 16.5. The Morgan fingerprint density at radius 2 is 2.00 bits per heavy atom. The Bertz CT molecular complexity index is 428. The van der Waals surface area contributed by atoms with E-state index in [9.17, 15) is 0 Å². The van der Waals surface area contributed by atoms with Gasteiger partial charge in [-0.3, -0.25) is 0 Å². The average molecular weight is 280 g/mol. The van der Waals surface area contributed by atoms with Crippen LogP contribution in [0.5, 0.6) is 0 Å². The Morgan fingerprint density at radius 1 is 1.35 bits per heavy atom. The number of nitrogens with zero attached hydrogens (tertiary/aromatic N) is 3. The molecule has 0 aliphatic carbocycles. The molecule has 1 rings (SSSR count). The summed E-state index contributed by atoms with van der Waals surface area (Å²) < 4.78 is 5.20. The van der Waals surface area contributed by atoms with Crippen LogP contribution in [0.2, 0.25) is 0 Å². The molecular weight excluding hydrogens is 252 g/mol. The van der Waals surface area contributed by atoms with E-state index in [-0.39, 0.29) is 5.41 Å². The van der Waals surface area contributed by atoms with E-state index in [1.54, 1.807) is 7.11 Å². The molecule has 20 heavy (non-hydrogen) atoms. The van der Waals surface area contributed by atoms with Crippen molar-refractivity contribution in [2.75, 3.05) is 30.9 Å². The van der Waals surface area contributed by atoms with Crippen molar-refractivity contribution in [1.29, 1.82) is 0 Å². The van der Waals surface area contributed by atoms with Crippen molar-refractivity contribution in [2.24, 2.45) is 0 Å². The Labute approximate surface area is 122 Å². The lowest BCUT2D eigenvalue weighted by Gasteiger charge is -2.30. The van der Waals surface area contributed by atoms with Gasteiger partial charge >= 0.3 is 0 Å². The molecule has 0 aliphatic heterocycles. The van der Waals surface area contributed by atoms with Crippen molar-refractivity contribution in [2.45, 2.75) is 52.5 Å². The number of nitrogen functional groups attached to an aromatic ring is 1. The van der Waals surface area contributed by atoms with Crippen LogP contribution in [0.25, 0.3) is 0 Å². The predicted octanol–water partition coefficient (Wildman–Crippen LogP) is 2.61. The monoisotopic (exact) mass is 280 g/mol. The maximum atomic E-state index is 5.96. The van der Waals surface area contributed by atoms with E-state index in [1.807, 2.05) is 6.07 Å². The maximum absolute atomic E-state index is 5.96. The summed E-state index contributed by atoms with van der Waals surface area (Å²) in [6.45, 7) is 12.1. The van der Waals surface area contributed by atoms with Gasteiger partial charge < -0.3 is 15.4 Å². The second-order valence-corrected chi connectivity index (χ2v) is 6.17. The van der Waals surface area contributed by atoms with Crippen LogP contribution in [0.3, 0.4) is 0 Å². The van der Waals surface area contributed by atoms with E-state index < -0.39 is 0 Å². The predicted molar refractivity (Wildman–Crippen MR) is 84.1 cm³/mol. The Hall–Kier alpha value is -1.36. The second-order valence-electron chi connectivity index (χ2n) is 6.17. The van der Waals surface area contributed by atoms with Crippen LogP contribution in [-0.4, -0.2) is 36.3 Å². The maximum Gasteiger partial charge on any atom is 0.138 e. The van der Waals surface area contributed by atoms with Crippen molar-refractivity contribution >= 4 is 11.6 Å². The lowest BCUT2D eigenvalue weighted by molar-refractivity contribution is 0.203. The molecule has 1 atom stereocenters. The standard InChI is InChI=1S/C15H28N4O/c1-7-11(2)19(8-9-20-6)13-10-12(16)17-14(18-13)15(3,4)5/h10-11H,7-9H2,1-6H3,(H2,16,17,18). The van der Waals surface area contributed by atoms with Gasteiger partial charge in [-0.05, 0) is 13.3 Å². The van der Waals surface area contributed by atoms with Crippen LogP contribution in [0.15, 0.2) is 6.07 Å². The number of anilines is 2. The van der Waals surface area contributed by atoms with E-state index in [0.29, 0.717) is 18.5 Å². The molecule has 0 aromatic carbocycles. The summed E-state index contributed by atoms with van der Waals surface area (Å²) in [7, 11) is 1.71. The highest BCUT2D eigenvalue weighted by molar-refractivity contribution is 5.48. The van der Waals surface area contributed by atoms with Gasteiger partial charge in [-0.1, -0.05) is 27.7 Å². The van der Waals surface area contributed by atoms with Gasteiger partial charge in [-0.2, -0.15) is 0 Å². The van der Waals surface area contributed by atoms with Crippen molar-refractivity contribution in [3.05, 3.63) is 11.9 Å². The van der Waals surface area contributed by atoms with Gasteiger partial charge in [-0.15, -0.1) is 0 Å². The summed E-state index contributed by atoms with van der Waals surface area (Å²) in [5, 5.41) is 0. The van der Waals surface area contributed by atoms with E-state index in [2.05, 4.69) is 44.5 Å². The van der Waals surface area contributed by atoms with E-state index >= 15 is 0 Å². The largest absolute Gasteiger partial charge is 0.384 e. The number of nitrogens with two attached hydrogens (primary N) is 1. The number of aromatic nitrogens is 2. The molecule has 0 saturated carbocycles. The van der Waals surface area contributed by atoms with Gasteiger partial charge in [0.15, 0.2) is 0 Å². The molecule has 1 heterocycles. The van der Waals surface area contributed by atoms with E-state index in [0.717, 1.165) is 24.6 Å². The zero-order valence-electron chi connectivity index (χ0n) is 13.6. The molecule has 5 nitrogen and oxygen atoms in total. The van der Waals surface area contributed by atoms with Gasteiger partial charge in [0.1, 0.15) is 17.5 Å². The minimum atomic E-state index is -0.119. The van der Waals surface area contributed by atoms with Crippen LogP contribution < -0.4 is 10.6 Å². The molecule has 114 valence electrons. The van der Waals surface area contributed by atoms with Gasteiger partial charge in [0.25, 0.3) is 0 Å². The fourth-order valence-corrected chi connectivity index (χ4v) is 1.91. The number of hydrogen-bond acceptors (Lipinski definition) is 5. The van der Waals surface area contributed by atoms with Crippen molar-refractivity contribution in [3.63, 3.8) is 0 Å². The summed E-state index contributed by atoms with van der Waals surface area (Å²) in [4.78, 5) is 11.3. The molecule has 1 unspecified atom stereocenters. The Morgan fingerprint density at radius 3 is 2.50 bits per heavy atom. The smallest absolute Gasteiger partial charge is 0.138 e. The highest BCUT2D eigenvalue weighted by Crippen LogP contribution is 2.24. The minimum absolute atomic E-state index is 0.119. The Balaban J connectivity index is 3.15. The summed E-state index contributed by atoms with van der Waals surface area (Å²) in [5.41, 5.74) is 5.84. The van der Waals surface area contributed by atoms with E-state index in [1.165, 1.54) is 0 Å². The van der Waals surface area contributed by atoms with Crippen LogP contribution in [0.1, 0.15) is 46.9 Å². The molecule has 2 N–H and O–H groups in total. The quantitative estimate of drug-likeness (QED) is 0.867. The fourth-order valence-electron chi connectivity index (χ4n) is 1.91. The molecule has 0 spiro atoms. The van der Waals surface area contributed by atoms with Gasteiger partial charge in [0, 0.05) is 31.2 Å². The first-order valence-electron chi connectivity index (χ1n) is 7.20. The lowest BCUT2D eigenvalue weighted by atomic mass is 9.96. The molecule has 5 heteroatoms. The fraction of sp³-hybridized carbons (Fsp3) is 0.733. The highest BCUT2D eigenvalue weighted by Gasteiger charge is 2.21. The zero-order chi connectivity index (χ0) is 15.3. The van der Waals surface area contributed by atoms with Crippen molar-refractivity contribution in [1.82, 2.24) is 9.97 Å². The first kappa shape index (κ1) is 16.7. The van der Waals surface area contributed by atoms with Gasteiger partial charge in [0.05, 0.1) is 6.61 Å². The minimum Gasteiger partial charge on any atom is -0.384 e. The molecular formula is C15H28N4O. The molecule has 1 aromatic heterocycles. The first-order valence-corrected chi connectivity index (χ1v) is 7.20. The lowest BCUT2D eigenvalue weighted by Crippen LogP contribution is -2.36. The van der Waals surface area contributed by atoms with Gasteiger partial charge in [0.2, 0.25) is 0 Å². The average Bonchev–Trinajstić information content (AvgIpc) is 2.37. The normalized spacial score (nSPS) is 13.3. The molecule has 0 aliphatic rings. The van der Waals surface area contributed by atoms with Gasteiger partial charge in [-0.25, -0.2) is 9.97 Å². The third kappa shape index (κ3) is 4.34. The van der Waals surface area contributed by atoms with Crippen LogP contribution in [0.4, 0.5) is 11.6 Å². The summed E-state index contributed by atoms with van der Waals surface area (Å²) >= 11 is 0. The van der Waals surface area contributed by atoms with Crippen LogP contribution in [-0.2, 0) is 10.2 Å². The molecule has 0 radical (unpaired) electrons. The van der Waals surface area contributed by atoms with Crippen LogP contribution in [0, 0.1) is 0 Å². The van der Waals surface area contributed by atoms with Crippen molar-refractivity contribution in [3.8, 4) is 0 Å². The first-order chi connectivity index (χ1) is 9.29. The number of rotatable bonds is 6. The summed E-state index contributed by atoms with van der Waals surface area (Å²) in [6.07, 6.45) is 1.04. The zero-order valence-corrected chi connectivity index (χ0v) is 13.6. The summed E-state index contributed by atoms with van der Waals surface area (Å²) in [6, 6.07) is 2.23. The Kier molecular flexibility index (Phi) is 5.74. The summed E-state index contributed by atoms with van der Waals surface area (Å²) in [5.74, 6) is 2.18. The third-order valence-corrected chi connectivity index (χ3v) is 3.36. The van der Waals surface area contributed by atoms with E-state index in [4.69, 9.17) is 15.5 Å². The molecule has 0 saturated heterocycles. The number of hydrogen-bond donors (Lipinski definition) is 1. The molecule has 1 aromatic rings. The SMILES string of the molecule is CCC(C)N(CCOC)c1cc(N)nc(C(C)(C)C)n1. The topological polar surface area (TPSA) is 64.3 Å².